The Balaban J connectivity index is 0.00000225. The van der Waals surface area contributed by atoms with Crippen molar-refractivity contribution in [1.82, 2.24) is 9.80 Å². The van der Waals surface area contributed by atoms with E-state index in [1.54, 1.807) is 18.2 Å². The van der Waals surface area contributed by atoms with Gasteiger partial charge in [0.2, 0.25) is 5.91 Å². The van der Waals surface area contributed by atoms with Crippen LogP contribution in [-0.2, 0) is 4.79 Å². The first-order chi connectivity index (χ1) is 11.5. The third-order valence-corrected chi connectivity index (χ3v) is 5.17. The third kappa shape index (κ3) is 4.04. The van der Waals surface area contributed by atoms with Crippen LogP contribution < -0.4 is 5.73 Å². The van der Waals surface area contributed by atoms with E-state index in [4.69, 9.17) is 5.73 Å². The second-order valence-electron chi connectivity index (χ2n) is 6.29. The van der Waals surface area contributed by atoms with Gasteiger partial charge in [0.15, 0.2) is 0 Å². The molecular formula is C17H21BrClN3O3. The summed E-state index contributed by atoms with van der Waals surface area (Å²) in [5.74, 6) is -0.0960. The van der Waals surface area contributed by atoms with Crippen molar-refractivity contribution in [2.24, 2.45) is 11.7 Å². The van der Waals surface area contributed by atoms with Gasteiger partial charge in [-0.15, -0.1) is 12.4 Å². The number of nitrogens with zero attached hydrogens (tertiary/aromatic N) is 2. The number of fused-ring (bicyclic) bond motifs is 1. The van der Waals surface area contributed by atoms with Gasteiger partial charge in [-0.3, -0.25) is 19.3 Å². The van der Waals surface area contributed by atoms with Gasteiger partial charge < -0.3 is 10.6 Å². The lowest BCUT2D eigenvalue weighted by Crippen LogP contribution is -2.33. The molecule has 1 aromatic carbocycles. The molecule has 3 rings (SSSR count). The Morgan fingerprint density at radius 1 is 1.24 bits per heavy atom. The van der Waals surface area contributed by atoms with Gasteiger partial charge in [0.1, 0.15) is 0 Å². The van der Waals surface area contributed by atoms with Crippen molar-refractivity contribution < 1.29 is 14.4 Å². The smallest absolute Gasteiger partial charge is 0.261 e. The topological polar surface area (TPSA) is 83.7 Å². The first-order valence-corrected chi connectivity index (χ1v) is 8.94. The van der Waals surface area contributed by atoms with Crippen LogP contribution in [-0.4, -0.2) is 53.7 Å². The minimum Gasteiger partial charge on any atom is -0.342 e. The van der Waals surface area contributed by atoms with Gasteiger partial charge in [-0.25, -0.2) is 0 Å². The van der Waals surface area contributed by atoms with Crippen LogP contribution in [0.5, 0.6) is 0 Å². The maximum Gasteiger partial charge on any atom is 0.261 e. The average molecular weight is 431 g/mol. The molecule has 0 saturated carbocycles. The number of carbonyl (C=O) groups is 3. The van der Waals surface area contributed by atoms with E-state index < -0.39 is 0 Å². The van der Waals surface area contributed by atoms with Crippen LogP contribution in [0.1, 0.15) is 40.0 Å². The second kappa shape index (κ2) is 8.29. The molecule has 6 nitrogen and oxygen atoms in total. The standard InChI is InChI=1S/C17H20BrN3O3.ClH/c18-12-3-4-13-14(8-12)17(24)21(16(13)23)6-1-2-15(22)20-7-5-11(9-19)10-20;/h3-4,8,11H,1-2,5-7,9-10,19H2;1H. The second-order valence-corrected chi connectivity index (χ2v) is 7.20. The molecule has 0 spiro atoms. The van der Waals surface area contributed by atoms with E-state index in [9.17, 15) is 14.4 Å². The van der Waals surface area contributed by atoms with E-state index in [-0.39, 0.29) is 36.7 Å². The summed E-state index contributed by atoms with van der Waals surface area (Å²) in [7, 11) is 0. The predicted octanol–water partition coefficient (Wildman–Crippen LogP) is 2.05. The van der Waals surface area contributed by atoms with Crippen molar-refractivity contribution in [3.05, 3.63) is 33.8 Å². The van der Waals surface area contributed by atoms with Gasteiger partial charge in [-0.2, -0.15) is 0 Å². The Kier molecular flexibility index (Phi) is 6.59. The molecule has 136 valence electrons. The van der Waals surface area contributed by atoms with Gasteiger partial charge in [-0.05, 0) is 43.5 Å². The largest absolute Gasteiger partial charge is 0.342 e. The van der Waals surface area contributed by atoms with E-state index in [1.807, 2.05) is 4.90 Å². The minimum atomic E-state index is -0.284. The number of likely N-dealkylation sites (tertiary alicyclic amines) is 1. The van der Waals surface area contributed by atoms with Gasteiger partial charge in [0.05, 0.1) is 11.1 Å². The summed E-state index contributed by atoms with van der Waals surface area (Å²) in [6, 6.07) is 5.07. The number of halogens is 2. The molecule has 1 saturated heterocycles. The van der Waals surface area contributed by atoms with E-state index in [0.717, 1.165) is 24.0 Å². The lowest BCUT2D eigenvalue weighted by atomic mass is 10.1. The van der Waals surface area contributed by atoms with Crippen molar-refractivity contribution in [1.29, 1.82) is 0 Å². The molecule has 8 heteroatoms. The quantitative estimate of drug-likeness (QED) is 0.725. The molecule has 0 radical (unpaired) electrons. The molecule has 1 atom stereocenters. The SMILES string of the molecule is Cl.NCC1CCN(C(=O)CCCN2C(=O)c3ccc(Br)cc3C2=O)C1. The zero-order valence-corrected chi connectivity index (χ0v) is 16.1. The normalized spacial score (nSPS) is 19.2. The zero-order chi connectivity index (χ0) is 17.3. The summed E-state index contributed by atoms with van der Waals surface area (Å²) in [6.07, 6.45) is 1.78. The Bertz CT molecular complexity index is 698. The Hall–Kier alpha value is -1.44. The van der Waals surface area contributed by atoms with E-state index in [2.05, 4.69) is 15.9 Å². The number of amides is 3. The first-order valence-electron chi connectivity index (χ1n) is 8.15. The van der Waals surface area contributed by atoms with Gasteiger partial charge >= 0.3 is 0 Å². The molecule has 25 heavy (non-hydrogen) atoms. The summed E-state index contributed by atoms with van der Waals surface area (Å²) >= 11 is 3.31. The minimum absolute atomic E-state index is 0. The molecule has 0 bridgehead atoms. The van der Waals surface area contributed by atoms with Crippen LogP contribution in [0, 0.1) is 5.92 Å². The zero-order valence-electron chi connectivity index (χ0n) is 13.7. The molecule has 3 amide bonds. The average Bonchev–Trinajstić information content (AvgIpc) is 3.14. The maximum atomic E-state index is 12.3. The molecule has 0 aliphatic carbocycles. The van der Waals surface area contributed by atoms with Gasteiger partial charge in [0.25, 0.3) is 11.8 Å². The lowest BCUT2D eigenvalue weighted by Gasteiger charge is -2.18. The third-order valence-electron chi connectivity index (χ3n) is 4.68. The van der Waals surface area contributed by atoms with Crippen molar-refractivity contribution in [3.63, 3.8) is 0 Å². The highest BCUT2D eigenvalue weighted by Crippen LogP contribution is 2.26. The number of hydrogen-bond donors (Lipinski definition) is 1. The molecule has 2 aliphatic heterocycles. The van der Waals surface area contributed by atoms with E-state index in [0.29, 0.717) is 36.4 Å². The van der Waals surface area contributed by atoms with Crippen LogP contribution in [0.25, 0.3) is 0 Å². The van der Waals surface area contributed by atoms with Crippen LogP contribution >= 0.6 is 28.3 Å². The van der Waals surface area contributed by atoms with Gasteiger partial charge in [-0.1, -0.05) is 15.9 Å². The summed E-state index contributed by atoms with van der Waals surface area (Å²) in [4.78, 5) is 39.9. The van der Waals surface area contributed by atoms with Crippen LogP contribution in [0.2, 0.25) is 0 Å². The Morgan fingerprint density at radius 3 is 2.64 bits per heavy atom. The Labute approximate surface area is 161 Å². The molecule has 2 N–H and O–H groups in total. The first kappa shape index (κ1) is 19.9. The molecule has 0 aromatic heterocycles. The highest BCUT2D eigenvalue weighted by molar-refractivity contribution is 9.10. The highest BCUT2D eigenvalue weighted by Gasteiger charge is 2.35. The fraction of sp³-hybridized carbons (Fsp3) is 0.471. The van der Waals surface area contributed by atoms with Crippen molar-refractivity contribution >= 4 is 46.1 Å². The monoisotopic (exact) mass is 429 g/mol. The maximum absolute atomic E-state index is 12.3. The van der Waals surface area contributed by atoms with Crippen molar-refractivity contribution in [2.75, 3.05) is 26.2 Å². The summed E-state index contributed by atoms with van der Waals surface area (Å²) in [6.45, 7) is 2.34. The molecule has 1 unspecified atom stereocenters. The number of rotatable bonds is 5. The van der Waals surface area contributed by atoms with Crippen LogP contribution in [0.15, 0.2) is 22.7 Å². The predicted molar refractivity (Wildman–Crippen MR) is 99.7 cm³/mol. The summed E-state index contributed by atoms with van der Waals surface area (Å²) in [5, 5.41) is 0. The molecular weight excluding hydrogens is 410 g/mol. The fourth-order valence-corrected chi connectivity index (χ4v) is 3.63. The van der Waals surface area contributed by atoms with Crippen LogP contribution in [0.4, 0.5) is 0 Å². The summed E-state index contributed by atoms with van der Waals surface area (Å²) in [5.41, 5.74) is 6.49. The fourth-order valence-electron chi connectivity index (χ4n) is 3.26. The van der Waals surface area contributed by atoms with Crippen LogP contribution in [0.3, 0.4) is 0 Å². The molecule has 1 fully saturated rings. The van der Waals surface area contributed by atoms with Crippen molar-refractivity contribution in [2.45, 2.75) is 19.3 Å². The van der Waals surface area contributed by atoms with Gasteiger partial charge in [0, 0.05) is 30.5 Å². The van der Waals surface area contributed by atoms with E-state index >= 15 is 0 Å². The number of benzene rings is 1. The number of imide groups is 1. The molecule has 2 heterocycles. The Morgan fingerprint density at radius 2 is 1.96 bits per heavy atom. The molecule has 2 aliphatic rings. The number of hydrogen-bond acceptors (Lipinski definition) is 4. The molecule has 1 aromatic rings. The lowest BCUT2D eigenvalue weighted by molar-refractivity contribution is -0.130. The number of nitrogens with two attached hydrogens (primary N) is 1. The van der Waals surface area contributed by atoms with E-state index in [1.165, 1.54) is 4.90 Å². The van der Waals surface area contributed by atoms with Crippen molar-refractivity contribution in [3.8, 4) is 0 Å². The number of carbonyl (C=O) groups excluding carboxylic acids is 3. The summed E-state index contributed by atoms with van der Waals surface area (Å²) < 4.78 is 0.767. The highest BCUT2D eigenvalue weighted by atomic mass is 79.9.